The first-order valence-electron chi connectivity index (χ1n) is 10.7. The third-order valence-corrected chi connectivity index (χ3v) is 8.08. The molecule has 1 amide bonds. The van der Waals surface area contributed by atoms with Crippen LogP contribution in [0.15, 0.2) is 59.4 Å². The Morgan fingerprint density at radius 1 is 0.906 bits per heavy atom. The second kappa shape index (κ2) is 8.14. The molecule has 2 fully saturated rings. The Bertz CT molecular complexity index is 1330. The van der Waals surface area contributed by atoms with E-state index >= 15 is 0 Å². The zero-order valence-electron chi connectivity index (χ0n) is 17.6. The highest BCUT2D eigenvalue weighted by molar-refractivity contribution is 7.91. The number of para-hydroxylation sites is 1. The van der Waals surface area contributed by atoms with E-state index in [1.54, 1.807) is 41.3 Å². The lowest BCUT2D eigenvalue weighted by Gasteiger charge is -2.37. The average molecular weight is 453 g/mol. The van der Waals surface area contributed by atoms with Gasteiger partial charge in [-0.25, -0.2) is 8.42 Å². The molecule has 8 nitrogen and oxygen atoms in total. The van der Waals surface area contributed by atoms with E-state index in [0.29, 0.717) is 49.1 Å². The fraction of sp³-hybridized carbons (Fsp3) is 0.348. The highest BCUT2D eigenvalue weighted by Gasteiger charge is 2.35. The molecule has 0 radical (unpaired) electrons. The Morgan fingerprint density at radius 3 is 2.22 bits per heavy atom. The Kier molecular flexibility index (Phi) is 5.30. The van der Waals surface area contributed by atoms with Gasteiger partial charge in [-0.05, 0) is 24.6 Å². The first kappa shape index (κ1) is 20.8. The molecule has 2 aliphatic heterocycles. The maximum atomic E-state index is 13.5. The largest absolute Gasteiger partial charge is 0.335 e. The van der Waals surface area contributed by atoms with E-state index in [1.165, 1.54) is 4.68 Å². The molecular weight excluding hydrogens is 428 g/mol. The van der Waals surface area contributed by atoms with Crippen LogP contribution in [0, 0.1) is 0 Å². The van der Waals surface area contributed by atoms with E-state index in [0.717, 1.165) is 0 Å². The predicted molar refractivity (Wildman–Crippen MR) is 122 cm³/mol. The molecule has 32 heavy (non-hydrogen) atoms. The zero-order valence-corrected chi connectivity index (χ0v) is 18.4. The van der Waals surface area contributed by atoms with Gasteiger partial charge in [0.05, 0.1) is 22.6 Å². The Hall–Kier alpha value is -3.04. The van der Waals surface area contributed by atoms with Crippen molar-refractivity contribution in [1.82, 2.24) is 19.6 Å². The quantitative estimate of drug-likeness (QED) is 0.595. The van der Waals surface area contributed by atoms with Crippen molar-refractivity contribution < 1.29 is 13.2 Å². The topological polar surface area (TPSA) is 92.6 Å². The van der Waals surface area contributed by atoms with Gasteiger partial charge in [-0.15, -0.1) is 0 Å². The molecule has 0 unspecified atom stereocenters. The van der Waals surface area contributed by atoms with Crippen LogP contribution in [0.4, 0.5) is 0 Å². The normalized spacial score (nSPS) is 21.1. The van der Waals surface area contributed by atoms with Crippen LogP contribution in [0.25, 0.3) is 16.5 Å². The minimum Gasteiger partial charge on any atom is -0.335 e. The Morgan fingerprint density at radius 2 is 1.56 bits per heavy atom. The van der Waals surface area contributed by atoms with Gasteiger partial charge in [-0.3, -0.25) is 14.5 Å². The van der Waals surface area contributed by atoms with Gasteiger partial charge in [-0.1, -0.05) is 36.4 Å². The number of piperazine rings is 1. The summed E-state index contributed by atoms with van der Waals surface area (Å²) in [6, 6.07) is 16.2. The number of benzene rings is 2. The standard InChI is InChI=1S/C23H24N4O4S/c28-22-20-9-5-4-8-19(20)21(24-27(22)17-6-2-1-3-7-17)23(29)26-13-11-25(12-14-26)18-10-15-32(30,31)16-18/h1-9,18H,10-16H2/t18-/m0/s1. The number of amides is 1. The number of fused-ring (bicyclic) bond motifs is 1. The number of carbonyl (C=O) groups excluding carboxylic acids is 1. The van der Waals surface area contributed by atoms with Crippen molar-refractivity contribution in [3.05, 3.63) is 70.6 Å². The molecule has 0 N–H and O–H groups in total. The summed E-state index contributed by atoms with van der Waals surface area (Å²) < 4.78 is 24.9. The van der Waals surface area contributed by atoms with Crippen LogP contribution in [0.2, 0.25) is 0 Å². The summed E-state index contributed by atoms with van der Waals surface area (Å²) in [6.45, 7) is 2.25. The predicted octanol–water partition coefficient (Wildman–Crippen LogP) is 1.33. The van der Waals surface area contributed by atoms with Gasteiger partial charge in [-0.2, -0.15) is 9.78 Å². The lowest BCUT2D eigenvalue weighted by Crippen LogP contribution is -2.52. The molecule has 2 aliphatic rings. The molecule has 5 rings (SSSR count). The first-order valence-corrected chi connectivity index (χ1v) is 12.6. The summed E-state index contributed by atoms with van der Waals surface area (Å²) in [6.07, 6.45) is 0.657. The molecule has 2 aromatic carbocycles. The molecule has 1 aromatic heterocycles. The van der Waals surface area contributed by atoms with Crippen LogP contribution in [-0.2, 0) is 9.84 Å². The second-order valence-electron chi connectivity index (χ2n) is 8.33. The van der Waals surface area contributed by atoms with E-state index in [4.69, 9.17) is 0 Å². The van der Waals surface area contributed by atoms with Gasteiger partial charge in [0.2, 0.25) is 0 Å². The molecule has 0 bridgehead atoms. The summed E-state index contributed by atoms with van der Waals surface area (Å²) in [4.78, 5) is 30.4. The summed E-state index contributed by atoms with van der Waals surface area (Å²) in [5.74, 6) is 0.229. The number of sulfone groups is 1. The summed E-state index contributed by atoms with van der Waals surface area (Å²) in [5.41, 5.74) is 0.584. The van der Waals surface area contributed by atoms with Gasteiger partial charge < -0.3 is 4.90 Å². The van der Waals surface area contributed by atoms with Gasteiger partial charge in [0.25, 0.3) is 11.5 Å². The van der Waals surface area contributed by atoms with Crippen LogP contribution in [-0.4, -0.2) is 77.6 Å². The molecule has 0 spiro atoms. The first-order chi connectivity index (χ1) is 15.4. The lowest BCUT2D eigenvalue weighted by molar-refractivity contribution is 0.0582. The number of aromatic nitrogens is 2. The van der Waals surface area contributed by atoms with Gasteiger partial charge >= 0.3 is 0 Å². The van der Waals surface area contributed by atoms with Crippen LogP contribution < -0.4 is 5.56 Å². The number of hydrogen-bond acceptors (Lipinski definition) is 6. The van der Waals surface area contributed by atoms with E-state index < -0.39 is 9.84 Å². The molecule has 166 valence electrons. The fourth-order valence-electron chi connectivity index (χ4n) is 4.59. The van der Waals surface area contributed by atoms with Crippen molar-refractivity contribution in [3.63, 3.8) is 0 Å². The van der Waals surface area contributed by atoms with E-state index in [9.17, 15) is 18.0 Å². The fourth-order valence-corrected chi connectivity index (χ4v) is 6.36. The van der Waals surface area contributed by atoms with Crippen molar-refractivity contribution in [2.45, 2.75) is 12.5 Å². The van der Waals surface area contributed by atoms with Crippen molar-refractivity contribution in [1.29, 1.82) is 0 Å². The lowest BCUT2D eigenvalue weighted by atomic mass is 10.1. The third-order valence-electron chi connectivity index (χ3n) is 6.33. The molecule has 0 saturated carbocycles. The summed E-state index contributed by atoms with van der Waals surface area (Å²) in [7, 11) is -2.94. The van der Waals surface area contributed by atoms with Gasteiger partial charge in [0.1, 0.15) is 0 Å². The maximum Gasteiger partial charge on any atom is 0.279 e. The van der Waals surface area contributed by atoms with Crippen molar-refractivity contribution in [2.75, 3.05) is 37.7 Å². The van der Waals surface area contributed by atoms with E-state index in [-0.39, 0.29) is 34.7 Å². The number of nitrogens with zero attached hydrogens (tertiary/aromatic N) is 4. The average Bonchev–Trinajstić information content (AvgIpc) is 3.19. The van der Waals surface area contributed by atoms with Crippen molar-refractivity contribution in [2.24, 2.45) is 0 Å². The Balaban J connectivity index is 1.44. The van der Waals surface area contributed by atoms with E-state index in [2.05, 4.69) is 10.00 Å². The van der Waals surface area contributed by atoms with Crippen LogP contribution in [0.5, 0.6) is 0 Å². The number of carbonyl (C=O) groups is 1. The zero-order chi connectivity index (χ0) is 22.3. The van der Waals surface area contributed by atoms with Crippen LogP contribution in [0.1, 0.15) is 16.9 Å². The second-order valence-corrected chi connectivity index (χ2v) is 10.6. The molecule has 9 heteroatoms. The van der Waals surface area contributed by atoms with Crippen molar-refractivity contribution in [3.8, 4) is 5.69 Å². The monoisotopic (exact) mass is 452 g/mol. The van der Waals surface area contributed by atoms with Gasteiger partial charge in [0, 0.05) is 37.6 Å². The molecular formula is C23H24N4O4S. The molecule has 0 aliphatic carbocycles. The van der Waals surface area contributed by atoms with Crippen molar-refractivity contribution >= 4 is 26.5 Å². The van der Waals surface area contributed by atoms with Crippen LogP contribution in [0.3, 0.4) is 0 Å². The molecule has 1 atom stereocenters. The van der Waals surface area contributed by atoms with E-state index in [1.807, 2.05) is 18.2 Å². The molecule has 3 aromatic rings. The Labute approximate surface area is 186 Å². The van der Waals surface area contributed by atoms with Gasteiger partial charge in [0.15, 0.2) is 15.5 Å². The third kappa shape index (κ3) is 3.82. The SMILES string of the molecule is O=C(c1nn(-c2ccccc2)c(=O)c2ccccc12)N1CCN([C@H]2CCS(=O)(=O)C2)CC1. The number of rotatable bonds is 3. The maximum absolute atomic E-state index is 13.5. The van der Waals surface area contributed by atoms with Crippen LogP contribution >= 0.6 is 0 Å². The summed E-state index contributed by atoms with van der Waals surface area (Å²) in [5, 5.41) is 5.47. The molecule has 2 saturated heterocycles. The highest BCUT2D eigenvalue weighted by Crippen LogP contribution is 2.21. The molecule has 3 heterocycles. The minimum atomic E-state index is -2.94. The highest BCUT2D eigenvalue weighted by atomic mass is 32.2. The minimum absolute atomic E-state index is 0.0381. The smallest absolute Gasteiger partial charge is 0.279 e. The summed E-state index contributed by atoms with van der Waals surface area (Å²) >= 11 is 0. The number of hydrogen-bond donors (Lipinski definition) is 0.